The maximum atomic E-state index is 14.6. The molecule has 0 saturated heterocycles. The zero-order valence-electron chi connectivity index (χ0n) is 18.4. The van der Waals surface area contributed by atoms with Crippen LogP contribution in [0.15, 0.2) is 0 Å². The van der Waals surface area contributed by atoms with Crippen molar-refractivity contribution in [3.63, 3.8) is 0 Å². The summed E-state index contributed by atoms with van der Waals surface area (Å²) in [6.07, 6.45) is -21.0. The van der Waals surface area contributed by atoms with Crippen molar-refractivity contribution in [2.24, 2.45) is 11.8 Å². The molecule has 4 nitrogen and oxygen atoms in total. The van der Waals surface area contributed by atoms with Gasteiger partial charge in [-0.2, -0.15) is 26.3 Å². The fourth-order valence-electron chi connectivity index (χ4n) is 3.86. The third-order valence-electron chi connectivity index (χ3n) is 5.97. The molecule has 1 aliphatic carbocycles. The number of hydrogen-bond acceptors (Lipinski definition) is 4. The van der Waals surface area contributed by atoms with Crippen molar-refractivity contribution in [3.8, 4) is 0 Å². The van der Waals surface area contributed by atoms with Crippen LogP contribution >= 0.6 is 0 Å². The molecule has 0 radical (unpaired) electrons. The molecule has 0 aromatic rings. The molecule has 0 amide bonds. The van der Waals surface area contributed by atoms with Crippen LogP contribution in [-0.2, 0) is 9.53 Å². The van der Waals surface area contributed by atoms with E-state index in [0.717, 1.165) is 20.8 Å². The molecule has 202 valence electrons. The lowest BCUT2D eigenvalue weighted by atomic mass is 9.67. The molecule has 1 aliphatic rings. The first-order chi connectivity index (χ1) is 14.8. The Bertz CT molecular complexity index is 724. The van der Waals surface area contributed by atoms with Gasteiger partial charge in [0.15, 0.2) is 0 Å². The van der Waals surface area contributed by atoms with Crippen LogP contribution in [0.5, 0.6) is 0 Å². The smallest absolute Gasteiger partial charge is 0.426 e. The zero-order valence-corrected chi connectivity index (χ0v) is 18.4. The first-order valence-corrected chi connectivity index (χ1v) is 9.99. The van der Waals surface area contributed by atoms with E-state index in [1.165, 1.54) is 0 Å². The van der Waals surface area contributed by atoms with Crippen LogP contribution < -0.4 is 0 Å². The van der Waals surface area contributed by atoms with Crippen LogP contribution in [0, 0.1) is 11.8 Å². The number of hydrogen-bond donors (Lipinski definition) is 2. The van der Waals surface area contributed by atoms with Crippen molar-refractivity contribution >= 4 is 5.97 Å². The van der Waals surface area contributed by atoms with Crippen LogP contribution in [0.2, 0.25) is 0 Å². The van der Waals surface area contributed by atoms with Gasteiger partial charge in [0.05, 0.1) is 5.60 Å². The van der Waals surface area contributed by atoms with Crippen molar-refractivity contribution in [1.29, 1.82) is 0 Å². The average Bonchev–Trinajstić information content (AvgIpc) is 2.56. The number of ether oxygens (including phenoxy) is 1. The van der Waals surface area contributed by atoms with E-state index in [4.69, 9.17) is 0 Å². The summed E-state index contributed by atoms with van der Waals surface area (Å²) in [5.41, 5.74) is -12.2. The van der Waals surface area contributed by atoms with Gasteiger partial charge in [-0.3, -0.25) is 4.79 Å². The third kappa shape index (κ3) is 5.39. The van der Waals surface area contributed by atoms with E-state index >= 15 is 0 Å². The fourth-order valence-corrected chi connectivity index (χ4v) is 3.86. The summed E-state index contributed by atoms with van der Waals surface area (Å²) >= 11 is 0. The standard InChI is InChI=1S/C19H25F11O4/c1-5-9-6-11(17(23,24)14(4,20)16(9,21)22)12(31)34-10(7-13(2,3)32)8-15(33,18(25,26)27)19(28,29)30/h9-11,32-33H,5-8H2,1-4H3. The van der Waals surface area contributed by atoms with E-state index in [1.807, 2.05) is 0 Å². The summed E-state index contributed by atoms with van der Waals surface area (Å²) in [6, 6.07) is 0. The Morgan fingerprint density at radius 2 is 1.38 bits per heavy atom. The summed E-state index contributed by atoms with van der Waals surface area (Å²) in [6.45, 7) is 2.64. The lowest BCUT2D eigenvalue weighted by molar-refractivity contribution is -0.374. The van der Waals surface area contributed by atoms with Crippen molar-refractivity contribution in [2.45, 2.75) is 101 Å². The van der Waals surface area contributed by atoms with Crippen LogP contribution in [0.1, 0.15) is 53.4 Å². The number of carbonyl (C=O) groups is 1. The summed E-state index contributed by atoms with van der Waals surface area (Å²) in [5, 5.41) is 19.2. The van der Waals surface area contributed by atoms with Gasteiger partial charge in [0, 0.05) is 18.8 Å². The predicted octanol–water partition coefficient (Wildman–Crippen LogP) is 5.35. The number of rotatable bonds is 7. The molecule has 0 aromatic carbocycles. The van der Waals surface area contributed by atoms with Gasteiger partial charge in [0.25, 0.3) is 17.4 Å². The maximum Gasteiger partial charge on any atom is 0.426 e. The quantitative estimate of drug-likeness (QED) is 0.347. The van der Waals surface area contributed by atoms with E-state index in [9.17, 15) is 63.3 Å². The van der Waals surface area contributed by atoms with Gasteiger partial charge in [-0.25, -0.2) is 22.0 Å². The van der Waals surface area contributed by atoms with E-state index < -0.39 is 90.7 Å². The van der Waals surface area contributed by atoms with Crippen molar-refractivity contribution < 1.29 is 68.0 Å². The summed E-state index contributed by atoms with van der Waals surface area (Å²) in [5.74, 6) is -17.1. The van der Waals surface area contributed by atoms with Gasteiger partial charge in [-0.05, 0) is 33.6 Å². The molecular formula is C19H25F11O4. The van der Waals surface area contributed by atoms with Gasteiger partial charge >= 0.3 is 18.3 Å². The monoisotopic (exact) mass is 526 g/mol. The number of halogens is 11. The molecule has 1 rings (SSSR count). The van der Waals surface area contributed by atoms with Crippen molar-refractivity contribution in [1.82, 2.24) is 0 Å². The normalized spacial score (nSPS) is 29.0. The van der Waals surface area contributed by atoms with Gasteiger partial charge in [0.1, 0.15) is 12.0 Å². The molecule has 2 N–H and O–H groups in total. The van der Waals surface area contributed by atoms with Gasteiger partial charge < -0.3 is 14.9 Å². The number of alkyl halides is 11. The third-order valence-corrected chi connectivity index (χ3v) is 5.97. The SMILES string of the molecule is CCC1CC(C(=O)OC(CC(C)(C)O)CC(O)(C(F)(F)F)C(F)(F)F)C(F)(F)C(C)(F)C1(F)F. The van der Waals surface area contributed by atoms with Crippen molar-refractivity contribution in [2.75, 3.05) is 0 Å². The Morgan fingerprint density at radius 3 is 1.74 bits per heavy atom. The molecule has 0 aromatic heterocycles. The first-order valence-electron chi connectivity index (χ1n) is 9.99. The second-order valence-corrected chi connectivity index (χ2v) is 9.28. The van der Waals surface area contributed by atoms with Crippen LogP contribution in [0.25, 0.3) is 0 Å². The molecule has 0 bridgehead atoms. The Kier molecular flexibility index (Phi) is 8.05. The molecule has 1 saturated carbocycles. The van der Waals surface area contributed by atoms with Crippen LogP contribution in [0.4, 0.5) is 48.3 Å². The van der Waals surface area contributed by atoms with Crippen LogP contribution in [0.3, 0.4) is 0 Å². The topological polar surface area (TPSA) is 66.8 Å². The highest BCUT2D eigenvalue weighted by atomic mass is 19.4. The zero-order chi connectivity index (χ0) is 27.3. The molecule has 34 heavy (non-hydrogen) atoms. The summed E-state index contributed by atoms with van der Waals surface area (Å²) in [7, 11) is 0. The minimum Gasteiger partial charge on any atom is -0.462 e. The second-order valence-electron chi connectivity index (χ2n) is 9.28. The molecular weight excluding hydrogens is 501 g/mol. The highest BCUT2D eigenvalue weighted by Gasteiger charge is 2.76. The molecule has 0 spiro atoms. The van der Waals surface area contributed by atoms with E-state index in [-0.39, 0.29) is 6.92 Å². The Hall–Kier alpha value is -1.38. The molecule has 1 fully saturated rings. The van der Waals surface area contributed by atoms with Gasteiger partial charge in [-0.1, -0.05) is 6.92 Å². The molecule has 4 atom stereocenters. The van der Waals surface area contributed by atoms with Gasteiger partial charge in [0.2, 0.25) is 5.67 Å². The molecule has 15 heteroatoms. The van der Waals surface area contributed by atoms with Crippen LogP contribution in [-0.4, -0.2) is 63.4 Å². The number of aliphatic hydroxyl groups is 2. The van der Waals surface area contributed by atoms with E-state index in [1.54, 1.807) is 0 Å². The second kappa shape index (κ2) is 8.93. The van der Waals surface area contributed by atoms with Crippen molar-refractivity contribution in [3.05, 3.63) is 0 Å². The minimum absolute atomic E-state index is 0.171. The highest BCUT2D eigenvalue weighted by Crippen LogP contribution is 2.58. The van der Waals surface area contributed by atoms with E-state index in [0.29, 0.717) is 0 Å². The lowest BCUT2D eigenvalue weighted by Gasteiger charge is -2.48. The Morgan fingerprint density at radius 1 is 0.941 bits per heavy atom. The summed E-state index contributed by atoms with van der Waals surface area (Å²) < 4.78 is 155. The molecule has 0 aliphatic heterocycles. The lowest BCUT2D eigenvalue weighted by Crippen LogP contribution is -2.67. The first kappa shape index (κ1) is 30.7. The highest BCUT2D eigenvalue weighted by molar-refractivity contribution is 5.74. The maximum absolute atomic E-state index is 14.6. The Labute approximate surface area is 187 Å². The number of esters is 1. The average molecular weight is 526 g/mol. The molecule has 0 heterocycles. The summed E-state index contributed by atoms with van der Waals surface area (Å²) in [4.78, 5) is 12.4. The molecule has 4 unspecified atom stereocenters. The predicted molar refractivity (Wildman–Crippen MR) is 93.8 cm³/mol. The largest absolute Gasteiger partial charge is 0.462 e. The minimum atomic E-state index is -6.36. The fraction of sp³-hybridized carbons (Fsp3) is 0.947. The number of carbonyl (C=O) groups excluding carboxylic acids is 1. The van der Waals surface area contributed by atoms with Gasteiger partial charge in [-0.15, -0.1) is 0 Å². The van der Waals surface area contributed by atoms with E-state index in [2.05, 4.69) is 4.74 Å². The Balaban J connectivity index is 3.40.